The van der Waals surface area contributed by atoms with Gasteiger partial charge in [0.25, 0.3) is 0 Å². The van der Waals surface area contributed by atoms with Crippen molar-refractivity contribution in [2.45, 2.75) is 12.2 Å². The molecule has 0 saturated carbocycles. The quantitative estimate of drug-likeness (QED) is 0.799. The number of halogens is 3. The lowest BCUT2D eigenvalue weighted by molar-refractivity contribution is -0.115. The molecular weight excluding hydrogens is 311 g/mol. The first-order chi connectivity index (χ1) is 10.5. The van der Waals surface area contributed by atoms with Crippen molar-refractivity contribution in [2.24, 2.45) is 0 Å². The summed E-state index contributed by atoms with van der Waals surface area (Å²) >= 11 is 1.44. The Hall–Kier alpha value is -1.95. The molecule has 0 fully saturated rings. The highest BCUT2D eigenvalue weighted by molar-refractivity contribution is 7.98. The van der Waals surface area contributed by atoms with E-state index in [9.17, 15) is 18.0 Å². The summed E-state index contributed by atoms with van der Waals surface area (Å²) in [5, 5.41) is 2.60. The Labute approximate surface area is 130 Å². The first kappa shape index (κ1) is 16.4. The summed E-state index contributed by atoms with van der Waals surface area (Å²) in [6.07, 6.45) is 0.255. The second kappa shape index (κ2) is 7.89. The summed E-state index contributed by atoms with van der Waals surface area (Å²) in [7, 11) is 0. The number of benzene rings is 2. The number of carbonyl (C=O) groups excluding carboxylic acids is 1. The molecule has 0 heterocycles. The van der Waals surface area contributed by atoms with Crippen LogP contribution in [0, 0.1) is 17.5 Å². The van der Waals surface area contributed by atoms with Gasteiger partial charge in [0, 0.05) is 23.6 Å². The molecule has 0 bridgehead atoms. The molecule has 0 saturated heterocycles. The molecule has 2 aromatic carbocycles. The fraction of sp³-hybridized carbons (Fsp3) is 0.188. The van der Waals surface area contributed by atoms with Crippen LogP contribution in [0.1, 0.15) is 12.0 Å². The van der Waals surface area contributed by atoms with E-state index in [0.29, 0.717) is 22.8 Å². The fourth-order valence-electron chi connectivity index (χ4n) is 1.77. The molecule has 116 valence electrons. The number of hydrogen-bond acceptors (Lipinski definition) is 2. The van der Waals surface area contributed by atoms with Crippen LogP contribution in [0.2, 0.25) is 0 Å². The molecule has 2 aromatic rings. The zero-order valence-electron chi connectivity index (χ0n) is 11.6. The van der Waals surface area contributed by atoms with Crippen LogP contribution in [0.5, 0.6) is 0 Å². The predicted octanol–water partition coefficient (Wildman–Crippen LogP) is 4.37. The van der Waals surface area contributed by atoms with Crippen molar-refractivity contribution < 1.29 is 18.0 Å². The molecule has 22 heavy (non-hydrogen) atoms. The van der Waals surface area contributed by atoms with Gasteiger partial charge in [0.2, 0.25) is 5.91 Å². The average Bonchev–Trinajstić information content (AvgIpc) is 2.47. The number of carbonyl (C=O) groups is 1. The fourth-order valence-corrected chi connectivity index (χ4v) is 2.66. The van der Waals surface area contributed by atoms with Crippen LogP contribution < -0.4 is 5.32 Å². The third-order valence-electron chi connectivity index (χ3n) is 2.83. The van der Waals surface area contributed by atoms with Crippen LogP contribution in [-0.4, -0.2) is 11.7 Å². The van der Waals surface area contributed by atoms with Crippen LogP contribution in [0.4, 0.5) is 18.9 Å². The van der Waals surface area contributed by atoms with E-state index in [1.165, 1.54) is 36.0 Å². The number of amides is 1. The molecule has 0 radical (unpaired) electrons. The lowest BCUT2D eigenvalue weighted by Gasteiger charge is -2.05. The van der Waals surface area contributed by atoms with E-state index >= 15 is 0 Å². The standard InChI is InChI=1S/C16H14F3NOS/c17-12-2-1-3-13(9-12)20-16(21)6-7-22-10-11-4-5-14(18)15(19)8-11/h1-5,8-9H,6-7,10H2,(H,20,21). The van der Waals surface area contributed by atoms with Crippen LogP contribution in [0.3, 0.4) is 0 Å². The van der Waals surface area contributed by atoms with Crippen LogP contribution >= 0.6 is 11.8 Å². The molecule has 2 rings (SSSR count). The van der Waals surface area contributed by atoms with Gasteiger partial charge in [-0.05, 0) is 35.9 Å². The lowest BCUT2D eigenvalue weighted by Crippen LogP contribution is -2.12. The van der Waals surface area contributed by atoms with Crippen molar-refractivity contribution in [3.8, 4) is 0 Å². The first-order valence-electron chi connectivity index (χ1n) is 6.61. The Morgan fingerprint density at radius 3 is 2.59 bits per heavy atom. The Kier molecular flexibility index (Phi) is 5.89. The van der Waals surface area contributed by atoms with Gasteiger partial charge < -0.3 is 5.32 Å². The third kappa shape index (κ3) is 5.11. The van der Waals surface area contributed by atoms with E-state index in [1.807, 2.05) is 0 Å². The number of thioether (sulfide) groups is 1. The molecule has 0 aromatic heterocycles. The van der Waals surface area contributed by atoms with Crippen molar-refractivity contribution in [3.05, 3.63) is 65.5 Å². The molecule has 0 aliphatic rings. The summed E-state index contributed by atoms with van der Waals surface area (Å²) in [6, 6.07) is 9.41. The SMILES string of the molecule is O=C(CCSCc1ccc(F)c(F)c1)Nc1cccc(F)c1. The topological polar surface area (TPSA) is 29.1 Å². The average molecular weight is 325 g/mol. The summed E-state index contributed by atoms with van der Waals surface area (Å²) in [5.41, 5.74) is 1.07. The molecule has 2 nitrogen and oxygen atoms in total. The van der Waals surface area contributed by atoms with Gasteiger partial charge in [-0.2, -0.15) is 11.8 Å². The van der Waals surface area contributed by atoms with Gasteiger partial charge in [-0.25, -0.2) is 13.2 Å². The van der Waals surface area contributed by atoms with Gasteiger partial charge in [0.05, 0.1) is 0 Å². The largest absolute Gasteiger partial charge is 0.326 e. The zero-order valence-corrected chi connectivity index (χ0v) is 12.4. The maximum atomic E-state index is 13.0. The number of rotatable bonds is 6. The van der Waals surface area contributed by atoms with Crippen molar-refractivity contribution in [3.63, 3.8) is 0 Å². The number of anilines is 1. The minimum atomic E-state index is -0.873. The normalized spacial score (nSPS) is 10.5. The molecule has 0 aliphatic heterocycles. The smallest absolute Gasteiger partial charge is 0.225 e. The van der Waals surface area contributed by atoms with Crippen molar-refractivity contribution in [1.82, 2.24) is 0 Å². The van der Waals surface area contributed by atoms with Gasteiger partial charge in [0.1, 0.15) is 5.82 Å². The zero-order chi connectivity index (χ0) is 15.9. The van der Waals surface area contributed by atoms with Crippen LogP contribution in [-0.2, 0) is 10.5 Å². The van der Waals surface area contributed by atoms with Crippen molar-refractivity contribution in [2.75, 3.05) is 11.1 Å². The minimum Gasteiger partial charge on any atom is -0.326 e. The lowest BCUT2D eigenvalue weighted by atomic mass is 10.2. The highest BCUT2D eigenvalue weighted by atomic mass is 32.2. The number of hydrogen-bond donors (Lipinski definition) is 1. The van der Waals surface area contributed by atoms with Gasteiger partial charge in [-0.1, -0.05) is 12.1 Å². The second-order valence-electron chi connectivity index (χ2n) is 4.61. The van der Waals surface area contributed by atoms with Crippen LogP contribution in [0.25, 0.3) is 0 Å². The summed E-state index contributed by atoms with van der Waals surface area (Å²) < 4.78 is 38.7. The third-order valence-corrected chi connectivity index (χ3v) is 3.86. The van der Waals surface area contributed by atoms with Crippen molar-refractivity contribution in [1.29, 1.82) is 0 Å². The van der Waals surface area contributed by atoms with Gasteiger partial charge in [0.15, 0.2) is 11.6 Å². The van der Waals surface area contributed by atoms with E-state index in [0.717, 1.165) is 12.1 Å². The first-order valence-corrected chi connectivity index (χ1v) is 7.77. The van der Waals surface area contributed by atoms with E-state index < -0.39 is 17.5 Å². The van der Waals surface area contributed by atoms with Gasteiger partial charge in [-0.3, -0.25) is 4.79 Å². The molecular formula is C16H14F3NOS. The summed E-state index contributed by atoms with van der Waals surface area (Å²) in [6.45, 7) is 0. The Bertz CT molecular complexity index is 664. The predicted molar refractivity (Wildman–Crippen MR) is 82.2 cm³/mol. The van der Waals surface area contributed by atoms with E-state index in [-0.39, 0.29) is 12.3 Å². The Morgan fingerprint density at radius 1 is 1.05 bits per heavy atom. The Morgan fingerprint density at radius 2 is 1.86 bits per heavy atom. The molecule has 1 amide bonds. The summed E-state index contributed by atoms with van der Waals surface area (Å²) in [5.74, 6) is -1.36. The second-order valence-corrected chi connectivity index (χ2v) is 5.71. The molecule has 0 unspecified atom stereocenters. The van der Waals surface area contributed by atoms with Gasteiger partial charge in [-0.15, -0.1) is 0 Å². The van der Waals surface area contributed by atoms with E-state index in [1.54, 1.807) is 6.07 Å². The minimum absolute atomic E-state index is 0.219. The Balaban J connectivity index is 1.72. The van der Waals surface area contributed by atoms with Crippen LogP contribution in [0.15, 0.2) is 42.5 Å². The van der Waals surface area contributed by atoms with Crippen molar-refractivity contribution >= 4 is 23.4 Å². The molecule has 6 heteroatoms. The highest BCUT2D eigenvalue weighted by Gasteiger charge is 2.05. The molecule has 0 spiro atoms. The monoisotopic (exact) mass is 325 g/mol. The number of nitrogens with one attached hydrogen (secondary N) is 1. The summed E-state index contributed by atoms with van der Waals surface area (Å²) in [4.78, 5) is 11.7. The van der Waals surface area contributed by atoms with Gasteiger partial charge >= 0.3 is 0 Å². The highest BCUT2D eigenvalue weighted by Crippen LogP contribution is 2.16. The maximum Gasteiger partial charge on any atom is 0.225 e. The molecule has 1 N–H and O–H groups in total. The maximum absolute atomic E-state index is 13.0. The molecule has 0 atom stereocenters. The van der Waals surface area contributed by atoms with E-state index in [4.69, 9.17) is 0 Å². The van der Waals surface area contributed by atoms with E-state index in [2.05, 4.69) is 5.32 Å². The molecule has 0 aliphatic carbocycles.